The topological polar surface area (TPSA) is 172 Å². The van der Waals surface area contributed by atoms with Gasteiger partial charge in [-0.05, 0) is 53.5 Å². The van der Waals surface area contributed by atoms with E-state index in [9.17, 15) is 34.2 Å². The molecule has 1 saturated heterocycles. The van der Waals surface area contributed by atoms with Crippen LogP contribution < -0.4 is 0 Å². The predicted molar refractivity (Wildman–Crippen MR) is 138 cm³/mol. The molecule has 0 spiro atoms. The fourth-order valence-corrected chi connectivity index (χ4v) is 4.32. The molecule has 2 rings (SSSR count). The minimum absolute atomic E-state index is 0.132. The molecule has 12 heteroatoms. The lowest BCUT2D eigenvalue weighted by atomic mass is 9.83. The molecule has 2 N–H and O–H groups in total. The third-order valence-corrected chi connectivity index (χ3v) is 6.62. The Morgan fingerprint density at radius 3 is 2.35 bits per heavy atom. The van der Waals surface area contributed by atoms with Gasteiger partial charge in [0.1, 0.15) is 12.2 Å². The predicted octanol–water partition coefficient (Wildman–Crippen LogP) is 1.61. The van der Waals surface area contributed by atoms with E-state index < -0.39 is 77.8 Å². The first-order valence-corrected chi connectivity index (χ1v) is 12.8. The third-order valence-electron chi connectivity index (χ3n) is 6.62. The van der Waals surface area contributed by atoms with Crippen molar-refractivity contribution in [3.63, 3.8) is 0 Å². The number of hydrogen-bond donors (Lipinski definition) is 2. The van der Waals surface area contributed by atoms with Gasteiger partial charge in [-0.2, -0.15) is 0 Å². The smallest absolute Gasteiger partial charge is 0.342 e. The van der Waals surface area contributed by atoms with Crippen LogP contribution in [0.15, 0.2) is 35.5 Å². The molecular formula is C28H38O12. The number of carbonyl (C=O) groups is 5. The second-order valence-electron chi connectivity index (χ2n) is 10.8. The van der Waals surface area contributed by atoms with Crippen LogP contribution in [0.3, 0.4) is 0 Å². The van der Waals surface area contributed by atoms with Crippen molar-refractivity contribution < 1.29 is 57.9 Å². The summed E-state index contributed by atoms with van der Waals surface area (Å²) in [4.78, 5) is 63.4. The largest absolute Gasteiger partial charge is 0.466 e. The van der Waals surface area contributed by atoms with E-state index in [-0.39, 0.29) is 17.6 Å². The molecule has 1 fully saturated rings. The van der Waals surface area contributed by atoms with Gasteiger partial charge in [-0.1, -0.05) is 18.2 Å². The van der Waals surface area contributed by atoms with E-state index in [2.05, 4.69) is 6.58 Å². The van der Waals surface area contributed by atoms with Gasteiger partial charge in [0.05, 0.1) is 30.6 Å². The highest BCUT2D eigenvalue weighted by atomic mass is 16.6. The molecule has 0 saturated carbocycles. The number of esters is 5. The Kier molecular flexibility index (Phi) is 10.4. The highest BCUT2D eigenvalue weighted by molar-refractivity contribution is 5.93. The second kappa shape index (κ2) is 12.8. The highest BCUT2D eigenvalue weighted by Crippen LogP contribution is 2.38. The van der Waals surface area contributed by atoms with Crippen molar-refractivity contribution in [2.45, 2.75) is 96.4 Å². The van der Waals surface area contributed by atoms with Crippen LogP contribution in [0.4, 0.5) is 0 Å². The van der Waals surface area contributed by atoms with Gasteiger partial charge in [0.15, 0.2) is 17.8 Å². The summed E-state index contributed by atoms with van der Waals surface area (Å²) in [6.45, 7) is 11.7. The minimum atomic E-state index is -2.40. The lowest BCUT2D eigenvalue weighted by molar-refractivity contribution is -0.197. The number of aliphatic hydroxyl groups is 2. The number of methoxy groups -OCH3 is 1. The van der Waals surface area contributed by atoms with Crippen molar-refractivity contribution in [3.05, 3.63) is 35.5 Å². The number of fused-ring (bicyclic) bond motifs is 1. The zero-order chi connectivity index (χ0) is 30.6. The maximum Gasteiger partial charge on any atom is 0.342 e. The number of carbonyl (C=O) groups excluding carboxylic acids is 5. The van der Waals surface area contributed by atoms with Gasteiger partial charge in [-0.15, -0.1) is 0 Å². The molecular weight excluding hydrogens is 528 g/mol. The van der Waals surface area contributed by atoms with Crippen molar-refractivity contribution in [1.82, 2.24) is 0 Å². The molecule has 0 aromatic heterocycles. The Bertz CT molecular complexity index is 1110. The first-order chi connectivity index (χ1) is 18.4. The van der Waals surface area contributed by atoms with Crippen LogP contribution in [0.2, 0.25) is 0 Å². The van der Waals surface area contributed by atoms with Gasteiger partial charge in [-0.3, -0.25) is 9.59 Å². The number of allylic oxidation sites excluding steroid dienone is 2. The lowest BCUT2D eigenvalue weighted by Crippen LogP contribution is -2.53. The first kappa shape index (κ1) is 32.7. The van der Waals surface area contributed by atoms with E-state index in [4.69, 9.17) is 23.7 Å². The summed E-state index contributed by atoms with van der Waals surface area (Å²) < 4.78 is 26.8. The summed E-state index contributed by atoms with van der Waals surface area (Å²) in [5.74, 6) is -5.90. The summed E-state index contributed by atoms with van der Waals surface area (Å²) in [6.07, 6.45) is -2.38. The average Bonchev–Trinajstić information content (AvgIpc) is 3.09. The average molecular weight is 567 g/mol. The van der Waals surface area contributed by atoms with Gasteiger partial charge in [0, 0.05) is 12.5 Å². The van der Waals surface area contributed by atoms with E-state index in [1.165, 1.54) is 26.8 Å². The van der Waals surface area contributed by atoms with E-state index in [0.29, 0.717) is 6.42 Å². The van der Waals surface area contributed by atoms with Crippen molar-refractivity contribution >= 4 is 29.8 Å². The Hall–Kier alpha value is -3.51. The maximum absolute atomic E-state index is 13.4. The van der Waals surface area contributed by atoms with Gasteiger partial charge in [-0.25, -0.2) is 14.4 Å². The van der Waals surface area contributed by atoms with Gasteiger partial charge in [0.25, 0.3) is 0 Å². The highest BCUT2D eigenvalue weighted by Gasteiger charge is 2.53. The summed E-state index contributed by atoms with van der Waals surface area (Å²) in [5, 5.41) is 21.1. The zero-order valence-electron chi connectivity index (χ0n) is 23.8. The van der Waals surface area contributed by atoms with Crippen LogP contribution in [0.5, 0.6) is 0 Å². The zero-order valence-corrected chi connectivity index (χ0v) is 23.8. The molecule has 2 aliphatic rings. The van der Waals surface area contributed by atoms with Crippen molar-refractivity contribution in [2.24, 2.45) is 5.92 Å². The van der Waals surface area contributed by atoms with E-state index >= 15 is 0 Å². The molecule has 1 aliphatic heterocycles. The molecule has 0 aromatic rings. The second-order valence-corrected chi connectivity index (χ2v) is 10.8. The van der Waals surface area contributed by atoms with Crippen molar-refractivity contribution in [3.8, 4) is 0 Å². The fraction of sp³-hybridized carbons (Fsp3) is 0.607. The minimum Gasteiger partial charge on any atom is -0.466 e. The van der Waals surface area contributed by atoms with Crippen molar-refractivity contribution in [2.75, 3.05) is 7.11 Å². The summed E-state index contributed by atoms with van der Waals surface area (Å²) in [6, 6.07) is 0. The van der Waals surface area contributed by atoms with Crippen LogP contribution in [0.25, 0.3) is 0 Å². The quantitative estimate of drug-likeness (QED) is 0.188. The molecule has 0 aromatic carbocycles. The van der Waals surface area contributed by atoms with Gasteiger partial charge >= 0.3 is 29.8 Å². The summed E-state index contributed by atoms with van der Waals surface area (Å²) >= 11 is 0. The first-order valence-electron chi connectivity index (χ1n) is 12.8. The molecule has 0 amide bonds. The standard InChI is InChI=1S/C28H38O12/c1-14-10-9-11-18(25(32)36-8)22(39-20(30)13-27(5,6)34)23(21-15(2)24(31)38-19(21)12-14)40-26(33)28(7,35)16(3)37-17(4)29/h11-12,16,19,21-23,34-35H,2,9-10,13H2,1,3-8H3/b14-12+,18-11+. The van der Waals surface area contributed by atoms with Crippen LogP contribution in [-0.2, 0) is 47.7 Å². The third kappa shape index (κ3) is 8.01. The number of rotatable bonds is 8. The maximum atomic E-state index is 13.4. The van der Waals surface area contributed by atoms with Crippen LogP contribution in [-0.4, -0.2) is 82.8 Å². The number of ether oxygens (including phenoxy) is 5. The molecule has 222 valence electrons. The monoisotopic (exact) mass is 566 g/mol. The van der Waals surface area contributed by atoms with Crippen molar-refractivity contribution in [1.29, 1.82) is 0 Å². The molecule has 6 unspecified atom stereocenters. The van der Waals surface area contributed by atoms with Crippen LogP contribution in [0.1, 0.15) is 60.8 Å². The molecule has 0 bridgehead atoms. The fourth-order valence-electron chi connectivity index (χ4n) is 4.32. The van der Waals surface area contributed by atoms with Gasteiger partial charge < -0.3 is 33.9 Å². The van der Waals surface area contributed by atoms with E-state index in [1.807, 2.05) is 0 Å². The van der Waals surface area contributed by atoms with Crippen LogP contribution in [0, 0.1) is 5.92 Å². The lowest BCUT2D eigenvalue weighted by Gasteiger charge is -2.36. The summed E-state index contributed by atoms with van der Waals surface area (Å²) in [5.41, 5.74) is -3.43. The SMILES string of the molecule is C=C1C(=O)OC2/C=C(\C)CC/C=C(/C(=O)OC)C(OC(=O)CC(C)(C)O)C(OC(=O)C(C)(O)C(C)OC(C)=O)C12. The molecule has 1 heterocycles. The molecule has 12 nitrogen and oxygen atoms in total. The summed E-state index contributed by atoms with van der Waals surface area (Å²) in [7, 11) is 1.11. The number of hydrogen-bond acceptors (Lipinski definition) is 12. The normalized spacial score (nSPS) is 28.2. The van der Waals surface area contributed by atoms with Gasteiger partial charge in [0.2, 0.25) is 0 Å². The Balaban J connectivity index is 2.73. The molecule has 1 aliphatic carbocycles. The Morgan fingerprint density at radius 1 is 1.18 bits per heavy atom. The van der Waals surface area contributed by atoms with E-state index in [0.717, 1.165) is 26.5 Å². The Morgan fingerprint density at radius 2 is 1.80 bits per heavy atom. The molecule has 0 radical (unpaired) electrons. The molecule has 6 atom stereocenters. The van der Waals surface area contributed by atoms with Crippen LogP contribution >= 0.6 is 0 Å². The Labute approximate surface area is 232 Å². The molecule has 40 heavy (non-hydrogen) atoms. The van der Waals surface area contributed by atoms with E-state index in [1.54, 1.807) is 13.0 Å².